The van der Waals surface area contributed by atoms with E-state index in [2.05, 4.69) is 0 Å². The van der Waals surface area contributed by atoms with Crippen molar-refractivity contribution in [3.8, 4) is 5.75 Å². The number of methoxy groups -OCH3 is 1. The van der Waals surface area contributed by atoms with E-state index < -0.39 is 0 Å². The Morgan fingerprint density at radius 3 is 2.79 bits per heavy atom. The van der Waals surface area contributed by atoms with Crippen LogP contribution in [0.15, 0.2) is 18.2 Å². The van der Waals surface area contributed by atoms with E-state index in [-0.39, 0.29) is 12.3 Å². The Morgan fingerprint density at radius 2 is 2.21 bits per heavy atom. The van der Waals surface area contributed by atoms with Crippen molar-refractivity contribution in [3.63, 3.8) is 0 Å². The zero-order valence-corrected chi connectivity index (χ0v) is 8.54. The quantitative estimate of drug-likeness (QED) is 0.778. The van der Waals surface area contributed by atoms with Crippen LogP contribution in [-0.4, -0.2) is 19.4 Å². The summed E-state index contributed by atoms with van der Waals surface area (Å²) < 4.78 is 5.18. The Bertz CT molecular complexity index is 334. The third kappa shape index (κ3) is 2.57. The smallest absolute Gasteiger partial charge is 0.150 e. The van der Waals surface area contributed by atoms with Crippen molar-refractivity contribution in [3.05, 3.63) is 29.3 Å². The topological polar surface area (TPSA) is 52.3 Å². The molecule has 0 fully saturated rings. The molecule has 0 bridgehead atoms. The van der Waals surface area contributed by atoms with Crippen molar-refractivity contribution in [2.75, 3.05) is 13.7 Å². The van der Waals surface area contributed by atoms with Crippen LogP contribution in [0.3, 0.4) is 0 Å². The molecule has 1 aromatic carbocycles. The van der Waals surface area contributed by atoms with E-state index in [4.69, 9.17) is 10.5 Å². The molecule has 0 heterocycles. The summed E-state index contributed by atoms with van der Waals surface area (Å²) in [5.41, 5.74) is 7.26. The molecule has 0 spiro atoms. The molecule has 1 aromatic rings. The molecule has 0 saturated carbocycles. The minimum Gasteiger partial charge on any atom is -0.496 e. The molecule has 0 unspecified atom stereocenters. The van der Waals surface area contributed by atoms with Crippen LogP contribution in [0.2, 0.25) is 0 Å². The average molecular weight is 193 g/mol. The van der Waals surface area contributed by atoms with Crippen LogP contribution in [0.5, 0.6) is 5.75 Å². The monoisotopic (exact) mass is 193 g/mol. The standard InChI is InChI=1S/C11H15NO2/c1-8-3-4-9(6-10(13)7-12)11(5-8)14-2/h3-5H,6-7,12H2,1-2H3. The van der Waals surface area contributed by atoms with Gasteiger partial charge in [0.15, 0.2) is 5.78 Å². The van der Waals surface area contributed by atoms with Gasteiger partial charge in [-0.1, -0.05) is 12.1 Å². The maximum atomic E-state index is 11.2. The zero-order valence-electron chi connectivity index (χ0n) is 8.54. The Kier molecular flexibility index (Phi) is 3.65. The first-order valence-corrected chi connectivity index (χ1v) is 4.52. The maximum absolute atomic E-state index is 11.2. The first kappa shape index (κ1) is 10.7. The van der Waals surface area contributed by atoms with E-state index >= 15 is 0 Å². The third-order valence-corrected chi connectivity index (χ3v) is 2.06. The average Bonchev–Trinajstić information content (AvgIpc) is 2.20. The summed E-state index contributed by atoms with van der Waals surface area (Å²) in [7, 11) is 1.60. The van der Waals surface area contributed by atoms with Gasteiger partial charge in [0.05, 0.1) is 13.7 Å². The Balaban J connectivity index is 2.90. The van der Waals surface area contributed by atoms with Crippen LogP contribution < -0.4 is 10.5 Å². The number of hydrogen-bond donors (Lipinski definition) is 1. The summed E-state index contributed by atoms with van der Waals surface area (Å²) >= 11 is 0. The maximum Gasteiger partial charge on any atom is 0.150 e. The lowest BCUT2D eigenvalue weighted by Gasteiger charge is -2.08. The first-order chi connectivity index (χ1) is 6.67. The molecular weight excluding hydrogens is 178 g/mol. The Morgan fingerprint density at radius 1 is 1.50 bits per heavy atom. The van der Waals surface area contributed by atoms with Crippen molar-refractivity contribution in [1.29, 1.82) is 0 Å². The third-order valence-electron chi connectivity index (χ3n) is 2.06. The van der Waals surface area contributed by atoms with Gasteiger partial charge in [0, 0.05) is 12.0 Å². The number of aryl methyl sites for hydroxylation is 1. The van der Waals surface area contributed by atoms with Crippen LogP contribution in [0.4, 0.5) is 0 Å². The predicted octanol–water partition coefficient (Wildman–Crippen LogP) is 1.07. The zero-order chi connectivity index (χ0) is 10.6. The molecule has 0 aliphatic carbocycles. The Hall–Kier alpha value is -1.35. The van der Waals surface area contributed by atoms with E-state index in [0.29, 0.717) is 6.42 Å². The van der Waals surface area contributed by atoms with Gasteiger partial charge in [0.1, 0.15) is 5.75 Å². The normalized spacial score (nSPS) is 9.93. The second kappa shape index (κ2) is 4.77. The molecule has 1 rings (SSSR count). The van der Waals surface area contributed by atoms with Gasteiger partial charge in [-0.25, -0.2) is 0 Å². The van der Waals surface area contributed by atoms with E-state index in [9.17, 15) is 4.79 Å². The summed E-state index contributed by atoms with van der Waals surface area (Å²) in [6.45, 7) is 2.06. The molecular formula is C11H15NO2. The molecule has 0 aromatic heterocycles. The van der Waals surface area contributed by atoms with Crippen LogP contribution in [0.1, 0.15) is 11.1 Å². The largest absolute Gasteiger partial charge is 0.496 e. The summed E-state index contributed by atoms with van der Waals surface area (Å²) in [4.78, 5) is 11.2. The number of hydrogen-bond acceptors (Lipinski definition) is 3. The number of ether oxygens (including phenoxy) is 1. The molecule has 0 radical (unpaired) electrons. The minimum absolute atomic E-state index is 0.0205. The van der Waals surface area contributed by atoms with Gasteiger partial charge >= 0.3 is 0 Å². The second-order valence-electron chi connectivity index (χ2n) is 3.23. The molecule has 3 heteroatoms. The number of benzene rings is 1. The predicted molar refractivity (Wildman–Crippen MR) is 55.5 cm³/mol. The van der Waals surface area contributed by atoms with Gasteiger partial charge in [-0.05, 0) is 18.6 Å². The van der Waals surface area contributed by atoms with Gasteiger partial charge in [-0.15, -0.1) is 0 Å². The Labute approximate surface area is 83.9 Å². The fourth-order valence-corrected chi connectivity index (χ4v) is 1.28. The van der Waals surface area contributed by atoms with Gasteiger partial charge in [-0.3, -0.25) is 4.79 Å². The van der Waals surface area contributed by atoms with Crippen LogP contribution in [0.25, 0.3) is 0 Å². The molecule has 2 N–H and O–H groups in total. The van der Waals surface area contributed by atoms with Crippen LogP contribution in [-0.2, 0) is 11.2 Å². The van der Waals surface area contributed by atoms with Gasteiger partial charge in [-0.2, -0.15) is 0 Å². The number of ketones is 1. The van der Waals surface area contributed by atoms with Crippen molar-refractivity contribution in [2.45, 2.75) is 13.3 Å². The van der Waals surface area contributed by atoms with E-state index in [0.717, 1.165) is 16.9 Å². The van der Waals surface area contributed by atoms with Crippen molar-refractivity contribution < 1.29 is 9.53 Å². The summed E-state index contributed by atoms with van der Waals surface area (Å²) in [5, 5.41) is 0. The van der Waals surface area contributed by atoms with Crippen molar-refractivity contribution in [1.82, 2.24) is 0 Å². The van der Waals surface area contributed by atoms with E-state index in [1.807, 2.05) is 25.1 Å². The molecule has 0 aliphatic rings. The van der Waals surface area contributed by atoms with Crippen molar-refractivity contribution >= 4 is 5.78 Å². The highest BCUT2D eigenvalue weighted by Crippen LogP contribution is 2.20. The van der Waals surface area contributed by atoms with Crippen molar-refractivity contribution in [2.24, 2.45) is 5.73 Å². The lowest BCUT2D eigenvalue weighted by Crippen LogP contribution is -2.16. The first-order valence-electron chi connectivity index (χ1n) is 4.52. The molecule has 76 valence electrons. The molecule has 0 aliphatic heterocycles. The van der Waals surface area contributed by atoms with E-state index in [1.165, 1.54) is 0 Å². The lowest BCUT2D eigenvalue weighted by atomic mass is 10.1. The minimum atomic E-state index is 0.0205. The number of Topliss-reactive ketones (excluding diaryl/α,β-unsaturated/α-hetero) is 1. The fourth-order valence-electron chi connectivity index (χ4n) is 1.28. The van der Waals surface area contributed by atoms with Gasteiger partial charge in [0.25, 0.3) is 0 Å². The molecule has 0 saturated heterocycles. The summed E-state index contributed by atoms with van der Waals surface area (Å²) in [6.07, 6.45) is 0.347. The summed E-state index contributed by atoms with van der Waals surface area (Å²) in [6, 6.07) is 5.78. The van der Waals surface area contributed by atoms with Gasteiger partial charge < -0.3 is 10.5 Å². The molecule has 14 heavy (non-hydrogen) atoms. The lowest BCUT2D eigenvalue weighted by molar-refractivity contribution is -0.117. The fraction of sp³-hybridized carbons (Fsp3) is 0.364. The number of carbonyl (C=O) groups is 1. The highest BCUT2D eigenvalue weighted by atomic mass is 16.5. The molecule has 0 amide bonds. The highest BCUT2D eigenvalue weighted by Gasteiger charge is 2.07. The second-order valence-corrected chi connectivity index (χ2v) is 3.23. The number of carbonyl (C=O) groups excluding carboxylic acids is 1. The number of nitrogens with two attached hydrogens (primary N) is 1. The summed E-state index contributed by atoms with van der Waals surface area (Å²) in [5.74, 6) is 0.777. The molecule has 0 atom stereocenters. The SMILES string of the molecule is COc1cc(C)ccc1CC(=O)CN. The number of rotatable bonds is 4. The molecule has 3 nitrogen and oxygen atoms in total. The van der Waals surface area contributed by atoms with Crippen LogP contribution in [0, 0.1) is 6.92 Å². The van der Waals surface area contributed by atoms with Crippen LogP contribution >= 0.6 is 0 Å². The van der Waals surface area contributed by atoms with Gasteiger partial charge in [0.2, 0.25) is 0 Å². The highest BCUT2D eigenvalue weighted by molar-refractivity contribution is 5.83. The van der Waals surface area contributed by atoms with E-state index in [1.54, 1.807) is 7.11 Å².